The van der Waals surface area contributed by atoms with Crippen molar-refractivity contribution in [2.24, 2.45) is 5.41 Å². The topological polar surface area (TPSA) is 84.3 Å². The van der Waals surface area contributed by atoms with Crippen LogP contribution in [0.5, 0.6) is 0 Å². The van der Waals surface area contributed by atoms with Crippen LogP contribution in [-0.4, -0.2) is 23.9 Å². The Bertz CT molecular complexity index is 536. The highest BCUT2D eigenvalue weighted by Crippen LogP contribution is 2.28. The Labute approximate surface area is 117 Å². The predicted molar refractivity (Wildman–Crippen MR) is 76.7 cm³/mol. The Kier molecular flexibility index (Phi) is 4.04. The van der Waals surface area contributed by atoms with Gasteiger partial charge in [0.15, 0.2) is 0 Å². The lowest BCUT2D eigenvalue weighted by Gasteiger charge is -2.21. The molecule has 6 nitrogen and oxygen atoms in total. The summed E-state index contributed by atoms with van der Waals surface area (Å²) in [5, 5.41) is 17.0. The van der Waals surface area contributed by atoms with Gasteiger partial charge >= 0.3 is 0 Å². The zero-order chi connectivity index (χ0) is 14.8. The average Bonchev–Trinajstić information content (AvgIpc) is 2.87. The van der Waals surface area contributed by atoms with Crippen molar-refractivity contribution in [3.05, 3.63) is 33.9 Å². The Balaban J connectivity index is 2.19. The minimum Gasteiger partial charge on any atom is -0.325 e. The SMILES string of the molecule is CCc1ccc(NC(=O)C2(C)CCNC2)cc1[N+](=O)[O-]. The van der Waals surface area contributed by atoms with E-state index < -0.39 is 10.3 Å². The normalized spacial score (nSPS) is 21.7. The summed E-state index contributed by atoms with van der Waals surface area (Å²) in [6.07, 6.45) is 1.36. The van der Waals surface area contributed by atoms with Crippen molar-refractivity contribution in [3.8, 4) is 0 Å². The van der Waals surface area contributed by atoms with Crippen LogP contribution in [0.3, 0.4) is 0 Å². The summed E-state index contributed by atoms with van der Waals surface area (Å²) in [5.41, 5.74) is 0.756. The molecule has 1 amide bonds. The first-order valence-corrected chi connectivity index (χ1v) is 6.76. The van der Waals surface area contributed by atoms with Gasteiger partial charge in [-0.05, 0) is 32.4 Å². The lowest BCUT2D eigenvalue weighted by molar-refractivity contribution is -0.385. The largest absolute Gasteiger partial charge is 0.325 e. The van der Waals surface area contributed by atoms with Gasteiger partial charge in [-0.3, -0.25) is 14.9 Å². The standard InChI is InChI=1S/C14H19N3O3/c1-3-10-4-5-11(8-12(10)17(19)20)16-13(18)14(2)6-7-15-9-14/h4-5,8,15H,3,6-7,9H2,1-2H3,(H,16,18). The van der Waals surface area contributed by atoms with E-state index in [0.29, 0.717) is 24.2 Å². The molecule has 0 bridgehead atoms. The minimum absolute atomic E-state index is 0.0556. The fourth-order valence-electron chi connectivity index (χ4n) is 2.40. The molecule has 1 aromatic rings. The van der Waals surface area contributed by atoms with Crippen LogP contribution < -0.4 is 10.6 Å². The van der Waals surface area contributed by atoms with E-state index in [9.17, 15) is 14.9 Å². The second-order valence-corrected chi connectivity index (χ2v) is 5.40. The van der Waals surface area contributed by atoms with E-state index in [1.54, 1.807) is 12.1 Å². The molecule has 2 N–H and O–H groups in total. The molecular formula is C14H19N3O3. The van der Waals surface area contributed by atoms with Crippen LogP contribution in [-0.2, 0) is 11.2 Å². The van der Waals surface area contributed by atoms with E-state index in [-0.39, 0.29) is 11.6 Å². The summed E-state index contributed by atoms with van der Waals surface area (Å²) < 4.78 is 0. The van der Waals surface area contributed by atoms with Crippen molar-refractivity contribution in [1.82, 2.24) is 5.32 Å². The molecule has 0 saturated carbocycles. The van der Waals surface area contributed by atoms with Crippen molar-refractivity contribution in [2.45, 2.75) is 26.7 Å². The van der Waals surface area contributed by atoms with Gasteiger partial charge in [-0.15, -0.1) is 0 Å². The van der Waals surface area contributed by atoms with Crippen LogP contribution in [0.2, 0.25) is 0 Å². The first-order valence-electron chi connectivity index (χ1n) is 6.76. The molecule has 1 atom stereocenters. The van der Waals surface area contributed by atoms with Gasteiger partial charge < -0.3 is 10.6 Å². The summed E-state index contributed by atoms with van der Waals surface area (Å²) in [4.78, 5) is 22.9. The van der Waals surface area contributed by atoms with Gasteiger partial charge in [0.1, 0.15) is 0 Å². The number of nitro groups is 1. The Hall–Kier alpha value is -1.95. The van der Waals surface area contributed by atoms with Crippen LogP contribution in [0.1, 0.15) is 25.8 Å². The molecule has 0 aromatic heterocycles. The van der Waals surface area contributed by atoms with Gasteiger partial charge in [-0.2, -0.15) is 0 Å². The van der Waals surface area contributed by atoms with Crippen LogP contribution >= 0.6 is 0 Å². The number of nitrogens with zero attached hydrogens (tertiary/aromatic N) is 1. The molecule has 1 unspecified atom stereocenters. The fraction of sp³-hybridized carbons (Fsp3) is 0.500. The second kappa shape index (κ2) is 5.58. The number of hydrogen-bond donors (Lipinski definition) is 2. The first-order chi connectivity index (χ1) is 9.46. The quantitative estimate of drug-likeness (QED) is 0.652. The molecule has 1 fully saturated rings. The van der Waals surface area contributed by atoms with Gasteiger partial charge in [0.05, 0.1) is 10.3 Å². The molecule has 1 aromatic carbocycles. The lowest BCUT2D eigenvalue weighted by Crippen LogP contribution is -2.35. The molecule has 1 heterocycles. The molecule has 0 radical (unpaired) electrons. The van der Waals surface area contributed by atoms with E-state index in [1.165, 1.54) is 6.07 Å². The van der Waals surface area contributed by atoms with Crippen molar-refractivity contribution >= 4 is 17.3 Å². The van der Waals surface area contributed by atoms with E-state index in [0.717, 1.165) is 13.0 Å². The number of amides is 1. The summed E-state index contributed by atoms with van der Waals surface area (Å²) >= 11 is 0. The summed E-state index contributed by atoms with van der Waals surface area (Å²) in [7, 11) is 0. The van der Waals surface area contributed by atoms with Gasteiger partial charge in [0.2, 0.25) is 5.91 Å². The van der Waals surface area contributed by atoms with E-state index in [1.807, 2.05) is 13.8 Å². The van der Waals surface area contributed by atoms with Gasteiger partial charge in [0, 0.05) is 23.9 Å². The smallest absolute Gasteiger partial charge is 0.274 e. The molecule has 1 aliphatic rings. The summed E-state index contributed by atoms with van der Waals surface area (Å²) in [5.74, 6) is -0.0963. The Morgan fingerprint density at radius 3 is 2.85 bits per heavy atom. The fourth-order valence-corrected chi connectivity index (χ4v) is 2.40. The third-order valence-corrected chi connectivity index (χ3v) is 3.84. The van der Waals surface area contributed by atoms with E-state index in [2.05, 4.69) is 10.6 Å². The molecular weight excluding hydrogens is 258 g/mol. The van der Waals surface area contributed by atoms with Crippen LogP contribution in [0.25, 0.3) is 0 Å². The van der Waals surface area contributed by atoms with Gasteiger partial charge in [-0.1, -0.05) is 13.0 Å². The highest BCUT2D eigenvalue weighted by atomic mass is 16.6. The van der Waals surface area contributed by atoms with Crippen molar-refractivity contribution in [1.29, 1.82) is 0 Å². The van der Waals surface area contributed by atoms with Gasteiger partial charge in [0.25, 0.3) is 5.69 Å². The highest BCUT2D eigenvalue weighted by molar-refractivity contribution is 5.95. The zero-order valence-corrected chi connectivity index (χ0v) is 11.7. The third kappa shape index (κ3) is 2.80. The molecule has 2 rings (SSSR count). The van der Waals surface area contributed by atoms with Crippen molar-refractivity contribution in [3.63, 3.8) is 0 Å². The Morgan fingerprint density at radius 2 is 2.30 bits per heavy atom. The van der Waals surface area contributed by atoms with E-state index in [4.69, 9.17) is 0 Å². The number of carbonyl (C=O) groups is 1. The number of nitrogens with one attached hydrogen (secondary N) is 2. The molecule has 108 valence electrons. The maximum atomic E-state index is 12.3. The highest BCUT2D eigenvalue weighted by Gasteiger charge is 2.36. The van der Waals surface area contributed by atoms with Gasteiger partial charge in [-0.25, -0.2) is 0 Å². The van der Waals surface area contributed by atoms with Crippen molar-refractivity contribution in [2.75, 3.05) is 18.4 Å². The van der Waals surface area contributed by atoms with Crippen molar-refractivity contribution < 1.29 is 9.72 Å². The number of benzene rings is 1. The molecule has 20 heavy (non-hydrogen) atoms. The third-order valence-electron chi connectivity index (χ3n) is 3.84. The number of carbonyl (C=O) groups excluding carboxylic acids is 1. The minimum atomic E-state index is -0.446. The zero-order valence-electron chi connectivity index (χ0n) is 11.7. The van der Waals surface area contributed by atoms with Crippen LogP contribution in [0.15, 0.2) is 18.2 Å². The monoisotopic (exact) mass is 277 g/mol. The maximum absolute atomic E-state index is 12.3. The second-order valence-electron chi connectivity index (χ2n) is 5.40. The number of aryl methyl sites for hydroxylation is 1. The number of hydrogen-bond acceptors (Lipinski definition) is 4. The average molecular weight is 277 g/mol. The number of rotatable bonds is 4. The lowest BCUT2D eigenvalue weighted by atomic mass is 9.88. The van der Waals surface area contributed by atoms with E-state index >= 15 is 0 Å². The summed E-state index contributed by atoms with van der Waals surface area (Å²) in [6, 6.07) is 4.85. The molecule has 1 saturated heterocycles. The molecule has 0 aliphatic carbocycles. The predicted octanol–water partition coefficient (Wildman–Crippen LogP) is 2.10. The molecule has 6 heteroatoms. The number of nitro benzene ring substituents is 1. The number of anilines is 1. The van der Waals surface area contributed by atoms with Crippen LogP contribution in [0, 0.1) is 15.5 Å². The maximum Gasteiger partial charge on any atom is 0.274 e. The molecule has 1 aliphatic heterocycles. The summed E-state index contributed by atoms with van der Waals surface area (Å²) in [6.45, 7) is 5.22. The molecule has 0 spiro atoms. The Morgan fingerprint density at radius 1 is 1.55 bits per heavy atom. The first kappa shape index (κ1) is 14.5. The van der Waals surface area contributed by atoms with Crippen LogP contribution in [0.4, 0.5) is 11.4 Å².